The Morgan fingerprint density at radius 3 is 2.46 bits per heavy atom. The van der Waals surface area contributed by atoms with E-state index in [1.54, 1.807) is 6.08 Å². The Balaban J connectivity index is 4.04. The molecule has 0 N–H and O–H groups in total. The van der Waals surface area contributed by atoms with Crippen LogP contribution in [0.15, 0.2) is 28.9 Å². The van der Waals surface area contributed by atoms with Crippen molar-refractivity contribution in [1.82, 2.24) is 0 Å². The Bertz CT molecular complexity index is 224. The van der Waals surface area contributed by atoms with Crippen LogP contribution in [-0.2, 0) is 0 Å². The summed E-state index contributed by atoms with van der Waals surface area (Å²) in [5.74, 6) is 0. The van der Waals surface area contributed by atoms with Crippen molar-refractivity contribution in [3.8, 4) is 0 Å². The van der Waals surface area contributed by atoms with Crippen LogP contribution < -0.4 is 0 Å². The molecular formula is C9H12F3N. The van der Waals surface area contributed by atoms with E-state index in [0.717, 1.165) is 13.1 Å². The van der Waals surface area contributed by atoms with Crippen LogP contribution in [-0.4, -0.2) is 12.4 Å². The summed E-state index contributed by atoms with van der Waals surface area (Å²) in [6, 6.07) is 0. The van der Waals surface area contributed by atoms with Crippen molar-refractivity contribution >= 4 is 6.21 Å². The summed E-state index contributed by atoms with van der Waals surface area (Å²) in [6.45, 7) is 2.83. The quantitative estimate of drug-likeness (QED) is 0.478. The molecule has 0 unspecified atom stereocenters. The maximum Gasteiger partial charge on any atom is 0.413 e. The number of nitrogens with zero attached hydrogens (tertiary/aromatic N) is 1. The number of halogens is 3. The molecule has 0 aliphatic rings. The molecule has 0 saturated heterocycles. The zero-order valence-electron chi connectivity index (χ0n) is 7.60. The van der Waals surface area contributed by atoms with Crippen LogP contribution in [0.5, 0.6) is 0 Å². The summed E-state index contributed by atoms with van der Waals surface area (Å²) >= 11 is 0. The van der Waals surface area contributed by atoms with Gasteiger partial charge < -0.3 is 0 Å². The summed E-state index contributed by atoms with van der Waals surface area (Å²) in [6.07, 6.45) is 2.15. The van der Waals surface area contributed by atoms with Crippen LogP contribution >= 0.6 is 0 Å². The molecule has 0 aliphatic heterocycles. The van der Waals surface area contributed by atoms with E-state index in [1.165, 1.54) is 6.21 Å². The summed E-state index contributed by atoms with van der Waals surface area (Å²) in [4.78, 5) is 3.52. The van der Waals surface area contributed by atoms with Gasteiger partial charge in [-0.15, -0.1) is 0 Å². The second-order valence-electron chi connectivity index (χ2n) is 2.45. The predicted octanol–water partition coefficient (Wildman–Crippen LogP) is 3.49. The number of aliphatic imine (C=N–C) groups is 1. The molecule has 0 heterocycles. The first-order valence-electron chi connectivity index (χ1n) is 3.85. The van der Waals surface area contributed by atoms with E-state index >= 15 is 0 Å². The predicted molar refractivity (Wildman–Crippen MR) is 47.7 cm³/mol. The minimum absolute atomic E-state index is 0.554. The van der Waals surface area contributed by atoms with Crippen LogP contribution in [0, 0.1) is 0 Å². The molecule has 0 spiro atoms. The largest absolute Gasteiger partial charge is 0.413 e. The molecule has 0 aromatic carbocycles. The molecule has 4 heteroatoms. The van der Waals surface area contributed by atoms with Gasteiger partial charge in [-0.3, -0.25) is 4.99 Å². The number of alkyl halides is 3. The Labute approximate surface area is 75.7 Å². The Morgan fingerprint density at radius 1 is 1.38 bits per heavy atom. The fraction of sp³-hybridized carbons (Fsp3) is 0.444. The summed E-state index contributed by atoms with van der Waals surface area (Å²) in [5.41, 5.74) is -0.691. The van der Waals surface area contributed by atoms with Gasteiger partial charge in [0.25, 0.3) is 0 Å². The van der Waals surface area contributed by atoms with Gasteiger partial charge in [-0.05, 0) is 13.8 Å². The van der Waals surface area contributed by atoms with Crippen molar-refractivity contribution in [2.75, 3.05) is 0 Å². The first kappa shape index (κ1) is 11.9. The van der Waals surface area contributed by atoms with Crippen molar-refractivity contribution in [2.45, 2.75) is 26.4 Å². The second kappa shape index (κ2) is 5.56. The van der Waals surface area contributed by atoms with Gasteiger partial charge >= 0.3 is 6.18 Å². The molecule has 0 amide bonds. The van der Waals surface area contributed by atoms with E-state index in [4.69, 9.17) is 0 Å². The maximum absolute atomic E-state index is 11.9. The lowest BCUT2D eigenvalue weighted by atomic mass is 10.3. The molecule has 0 rings (SSSR count). The van der Waals surface area contributed by atoms with E-state index in [0.29, 0.717) is 6.42 Å². The van der Waals surface area contributed by atoms with Gasteiger partial charge in [0.05, 0.1) is 0 Å². The van der Waals surface area contributed by atoms with Crippen LogP contribution in [0.4, 0.5) is 13.2 Å². The lowest BCUT2D eigenvalue weighted by Crippen LogP contribution is -2.08. The van der Waals surface area contributed by atoms with Crippen molar-refractivity contribution in [1.29, 1.82) is 0 Å². The highest BCUT2D eigenvalue weighted by molar-refractivity contribution is 5.60. The molecule has 0 saturated carbocycles. The summed E-state index contributed by atoms with van der Waals surface area (Å²) < 4.78 is 35.6. The van der Waals surface area contributed by atoms with Gasteiger partial charge in [0, 0.05) is 24.4 Å². The number of rotatable bonds is 3. The van der Waals surface area contributed by atoms with Crippen molar-refractivity contribution in [3.63, 3.8) is 0 Å². The normalized spacial score (nSPS) is 14.7. The highest BCUT2D eigenvalue weighted by Gasteiger charge is 2.29. The van der Waals surface area contributed by atoms with Gasteiger partial charge in [-0.1, -0.05) is 12.2 Å². The Hall–Kier alpha value is -1.06. The Kier molecular flexibility index (Phi) is 5.11. The number of hydrogen-bond acceptors (Lipinski definition) is 1. The number of hydrogen-bond donors (Lipinski definition) is 0. The van der Waals surface area contributed by atoms with Crippen LogP contribution in [0.1, 0.15) is 20.3 Å². The van der Waals surface area contributed by atoms with Crippen LogP contribution in [0.3, 0.4) is 0 Å². The van der Waals surface area contributed by atoms with E-state index in [-0.39, 0.29) is 0 Å². The first-order chi connectivity index (χ1) is 5.98. The SMILES string of the molecule is C/C=C\C/C=N\C=C(/C)C(F)(F)F. The first-order valence-corrected chi connectivity index (χ1v) is 3.85. The molecule has 0 aliphatic carbocycles. The molecule has 0 atom stereocenters. The van der Waals surface area contributed by atoms with Gasteiger partial charge in [0.2, 0.25) is 0 Å². The third-order valence-electron chi connectivity index (χ3n) is 1.30. The van der Waals surface area contributed by atoms with Crippen molar-refractivity contribution in [2.24, 2.45) is 4.99 Å². The molecule has 1 nitrogen and oxygen atoms in total. The minimum atomic E-state index is -4.27. The standard InChI is InChI=1S/C9H12F3N/c1-3-4-5-6-13-7-8(2)9(10,11)12/h3-4,6-7H,5H2,1-2H3/b4-3-,8-7+,13-6-. The van der Waals surface area contributed by atoms with Gasteiger partial charge in [-0.25, -0.2) is 0 Å². The highest BCUT2D eigenvalue weighted by Crippen LogP contribution is 2.24. The second-order valence-corrected chi connectivity index (χ2v) is 2.45. The zero-order chi connectivity index (χ0) is 10.3. The van der Waals surface area contributed by atoms with E-state index in [2.05, 4.69) is 4.99 Å². The average Bonchev–Trinajstić information content (AvgIpc) is 2.02. The van der Waals surface area contributed by atoms with Gasteiger partial charge in [0.1, 0.15) is 0 Å². The fourth-order valence-electron chi connectivity index (χ4n) is 0.495. The van der Waals surface area contributed by atoms with E-state index in [1.807, 2.05) is 13.0 Å². The molecule has 0 fully saturated rings. The van der Waals surface area contributed by atoms with Crippen LogP contribution in [0.25, 0.3) is 0 Å². The summed E-state index contributed by atoms with van der Waals surface area (Å²) in [7, 11) is 0. The maximum atomic E-state index is 11.9. The van der Waals surface area contributed by atoms with E-state index in [9.17, 15) is 13.2 Å². The molecule has 74 valence electrons. The zero-order valence-corrected chi connectivity index (χ0v) is 7.60. The highest BCUT2D eigenvalue weighted by atomic mass is 19.4. The smallest absolute Gasteiger partial charge is 0.268 e. The molecule has 0 radical (unpaired) electrons. The lowest BCUT2D eigenvalue weighted by Gasteiger charge is -2.03. The third kappa shape index (κ3) is 6.13. The Morgan fingerprint density at radius 2 is 2.00 bits per heavy atom. The molecule has 0 aromatic heterocycles. The van der Waals surface area contributed by atoms with Crippen molar-refractivity contribution < 1.29 is 13.2 Å². The molecule has 13 heavy (non-hydrogen) atoms. The van der Waals surface area contributed by atoms with Gasteiger partial charge in [-0.2, -0.15) is 13.2 Å². The summed E-state index contributed by atoms with van der Waals surface area (Å²) in [5, 5.41) is 0. The topological polar surface area (TPSA) is 12.4 Å². The third-order valence-corrected chi connectivity index (χ3v) is 1.30. The van der Waals surface area contributed by atoms with E-state index < -0.39 is 11.7 Å². The lowest BCUT2D eigenvalue weighted by molar-refractivity contribution is -0.0914. The molecular weight excluding hydrogens is 179 g/mol. The average molecular weight is 191 g/mol. The molecule has 0 bridgehead atoms. The van der Waals surface area contributed by atoms with Gasteiger partial charge in [0.15, 0.2) is 0 Å². The molecule has 0 aromatic rings. The minimum Gasteiger partial charge on any atom is -0.268 e. The van der Waals surface area contributed by atoms with Crippen molar-refractivity contribution in [3.05, 3.63) is 23.9 Å². The van der Waals surface area contributed by atoms with Crippen LogP contribution in [0.2, 0.25) is 0 Å². The monoisotopic (exact) mass is 191 g/mol. The fourth-order valence-corrected chi connectivity index (χ4v) is 0.495. The number of allylic oxidation sites excluding steroid dienone is 3.